The van der Waals surface area contributed by atoms with E-state index in [4.69, 9.17) is 14.6 Å². The number of hydrogen-bond acceptors (Lipinski definition) is 3. The Balaban J connectivity index is 3.63. The monoisotopic (exact) mass is 174 g/mol. The largest absolute Gasteiger partial charge is 0.478 e. The molecule has 70 valence electrons. The van der Waals surface area contributed by atoms with E-state index in [1.807, 2.05) is 13.8 Å². The minimum Gasteiger partial charge on any atom is -0.478 e. The summed E-state index contributed by atoms with van der Waals surface area (Å²) in [6.07, 6.45) is 2.41. The molecule has 1 atom stereocenters. The molecule has 0 aromatic rings. The van der Waals surface area contributed by atoms with Crippen LogP contribution in [0.15, 0.2) is 12.3 Å². The minimum atomic E-state index is -1.03. The van der Waals surface area contributed by atoms with Crippen molar-refractivity contribution in [3.8, 4) is 0 Å². The van der Waals surface area contributed by atoms with Gasteiger partial charge >= 0.3 is 5.97 Å². The Morgan fingerprint density at radius 2 is 2.25 bits per heavy atom. The Bertz CT molecular complexity index is 153. The highest BCUT2D eigenvalue weighted by atomic mass is 16.7. The van der Waals surface area contributed by atoms with E-state index in [-0.39, 0.29) is 6.29 Å². The van der Waals surface area contributed by atoms with Gasteiger partial charge in [-0.2, -0.15) is 0 Å². The molecule has 0 aliphatic carbocycles. The van der Waals surface area contributed by atoms with E-state index < -0.39 is 5.97 Å². The van der Waals surface area contributed by atoms with E-state index in [0.29, 0.717) is 13.0 Å². The number of carboxylic acids is 1. The van der Waals surface area contributed by atoms with Gasteiger partial charge in [0, 0.05) is 13.0 Å². The van der Waals surface area contributed by atoms with Crippen molar-refractivity contribution in [1.29, 1.82) is 0 Å². The lowest BCUT2D eigenvalue weighted by Gasteiger charge is -2.13. The highest BCUT2D eigenvalue weighted by Crippen LogP contribution is 1.99. The Kier molecular flexibility index (Phi) is 6.09. The van der Waals surface area contributed by atoms with Crippen LogP contribution in [0, 0.1) is 0 Å². The maximum absolute atomic E-state index is 10.0. The first-order chi connectivity index (χ1) is 5.70. The molecule has 0 radical (unpaired) electrons. The number of carbonyl (C=O) groups is 1. The molecule has 4 heteroatoms. The first-order valence-corrected chi connectivity index (χ1v) is 3.87. The lowest BCUT2D eigenvalue weighted by molar-refractivity contribution is -0.132. The molecule has 0 spiro atoms. The normalized spacial score (nSPS) is 13.2. The average Bonchev–Trinajstić information content (AvgIpc) is 2.02. The molecular weight excluding hydrogens is 160 g/mol. The van der Waals surface area contributed by atoms with Crippen LogP contribution in [-0.4, -0.2) is 24.0 Å². The van der Waals surface area contributed by atoms with Crippen molar-refractivity contribution in [1.82, 2.24) is 0 Å². The molecular formula is C8H14O4. The SMILES string of the molecule is CCOC(CC)OC=CC(=O)O. The zero-order valence-corrected chi connectivity index (χ0v) is 7.32. The maximum atomic E-state index is 10.0. The number of rotatable bonds is 6. The van der Waals surface area contributed by atoms with Gasteiger partial charge in [-0.3, -0.25) is 0 Å². The number of hydrogen-bond donors (Lipinski definition) is 1. The Morgan fingerprint density at radius 1 is 1.58 bits per heavy atom. The van der Waals surface area contributed by atoms with Crippen molar-refractivity contribution in [2.45, 2.75) is 26.6 Å². The first-order valence-electron chi connectivity index (χ1n) is 3.87. The third-order valence-corrected chi connectivity index (χ3v) is 1.13. The van der Waals surface area contributed by atoms with Gasteiger partial charge in [0.15, 0.2) is 6.29 Å². The maximum Gasteiger partial charge on any atom is 0.331 e. The second-order valence-corrected chi connectivity index (χ2v) is 2.07. The summed E-state index contributed by atoms with van der Waals surface area (Å²) in [6, 6.07) is 0. The second-order valence-electron chi connectivity index (χ2n) is 2.07. The molecule has 12 heavy (non-hydrogen) atoms. The van der Waals surface area contributed by atoms with Crippen LogP contribution in [0.3, 0.4) is 0 Å². The van der Waals surface area contributed by atoms with Crippen molar-refractivity contribution in [3.63, 3.8) is 0 Å². The fourth-order valence-corrected chi connectivity index (χ4v) is 0.624. The molecule has 1 N–H and O–H groups in total. The Hall–Kier alpha value is -1.03. The third kappa shape index (κ3) is 5.73. The van der Waals surface area contributed by atoms with E-state index in [2.05, 4.69) is 0 Å². The van der Waals surface area contributed by atoms with Gasteiger partial charge in [0.25, 0.3) is 0 Å². The van der Waals surface area contributed by atoms with Crippen molar-refractivity contribution in [2.24, 2.45) is 0 Å². The van der Waals surface area contributed by atoms with Crippen LogP contribution in [0.2, 0.25) is 0 Å². The first kappa shape index (κ1) is 11.0. The highest BCUT2D eigenvalue weighted by Gasteiger charge is 2.02. The smallest absolute Gasteiger partial charge is 0.331 e. The summed E-state index contributed by atoms with van der Waals surface area (Å²) in [5.41, 5.74) is 0. The number of ether oxygens (including phenoxy) is 2. The molecule has 0 rings (SSSR count). The molecule has 1 unspecified atom stereocenters. The second kappa shape index (κ2) is 6.67. The molecule has 0 amide bonds. The molecule has 0 heterocycles. The van der Waals surface area contributed by atoms with E-state index in [1.54, 1.807) is 0 Å². The summed E-state index contributed by atoms with van der Waals surface area (Å²) in [5, 5.41) is 8.22. The van der Waals surface area contributed by atoms with Crippen LogP contribution in [0.1, 0.15) is 20.3 Å². The predicted octanol–water partition coefficient (Wildman–Crippen LogP) is 1.37. The third-order valence-electron chi connectivity index (χ3n) is 1.13. The van der Waals surface area contributed by atoms with E-state index in [9.17, 15) is 4.79 Å². The molecule has 0 aromatic carbocycles. The summed E-state index contributed by atoms with van der Waals surface area (Å²) < 4.78 is 10.1. The summed E-state index contributed by atoms with van der Waals surface area (Å²) in [5.74, 6) is -1.03. The molecule has 0 aliphatic rings. The van der Waals surface area contributed by atoms with Gasteiger partial charge in [-0.25, -0.2) is 4.79 Å². The quantitative estimate of drug-likeness (QED) is 0.375. The van der Waals surface area contributed by atoms with Crippen LogP contribution in [0.5, 0.6) is 0 Å². The van der Waals surface area contributed by atoms with Crippen LogP contribution >= 0.6 is 0 Å². The molecule has 4 nitrogen and oxygen atoms in total. The number of carboxylic acid groups (broad SMARTS) is 1. The van der Waals surface area contributed by atoms with Crippen molar-refractivity contribution in [2.75, 3.05) is 6.61 Å². The Labute approximate surface area is 71.8 Å². The van der Waals surface area contributed by atoms with Crippen molar-refractivity contribution >= 4 is 5.97 Å². The van der Waals surface area contributed by atoms with Crippen LogP contribution < -0.4 is 0 Å². The van der Waals surface area contributed by atoms with Gasteiger partial charge in [0.05, 0.1) is 12.3 Å². The van der Waals surface area contributed by atoms with E-state index in [0.717, 1.165) is 12.3 Å². The fraction of sp³-hybridized carbons (Fsp3) is 0.625. The topological polar surface area (TPSA) is 55.8 Å². The van der Waals surface area contributed by atoms with Gasteiger partial charge in [-0.1, -0.05) is 6.92 Å². The van der Waals surface area contributed by atoms with Crippen LogP contribution in [0.25, 0.3) is 0 Å². The van der Waals surface area contributed by atoms with Gasteiger partial charge in [-0.15, -0.1) is 0 Å². The zero-order valence-electron chi connectivity index (χ0n) is 7.32. The summed E-state index contributed by atoms with van der Waals surface area (Å²) in [4.78, 5) is 10.0. The number of aliphatic carboxylic acids is 1. The lowest BCUT2D eigenvalue weighted by atomic mass is 10.5. The predicted molar refractivity (Wildman–Crippen MR) is 43.6 cm³/mol. The standard InChI is InChI=1S/C8H14O4/c1-3-8(11-4-2)12-6-5-7(9)10/h5-6,8H,3-4H2,1-2H3,(H,9,10). The molecule has 0 fully saturated rings. The van der Waals surface area contributed by atoms with Crippen molar-refractivity contribution in [3.05, 3.63) is 12.3 Å². The minimum absolute atomic E-state index is 0.342. The lowest BCUT2D eigenvalue weighted by Crippen LogP contribution is -2.13. The molecule has 0 saturated heterocycles. The van der Waals surface area contributed by atoms with Crippen LogP contribution in [0.4, 0.5) is 0 Å². The van der Waals surface area contributed by atoms with E-state index in [1.165, 1.54) is 0 Å². The van der Waals surface area contributed by atoms with E-state index >= 15 is 0 Å². The average molecular weight is 174 g/mol. The summed E-state index contributed by atoms with van der Waals surface area (Å²) in [6.45, 7) is 4.31. The fourth-order valence-electron chi connectivity index (χ4n) is 0.624. The van der Waals surface area contributed by atoms with Gasteiger partial charge in [-0.05, 0) is 6.92 Å². The summed E-state index contributed by atoms with van der Waals surface area (Å²) >= 11 is 0. The van der Waals surface area contributed by atoms with Crippen molar-refractivity contribution < 1.29 is 19.4 Å². The Morgan fingerprint density at radius 3 is 2.67 bits per heavy atom. The molecule has 0 saturated carbocycles. The van der Waals surface area contributed by atoms with Crippen LogP contribution in [-0.2, 0) is 14.3 Å². The molecule has 0 bridgehead atoms. The zero-order chi connectivity index (χ0) is 9.40. The molecule has 0 aromatic heterocycles. The highest BCUT2D eigenvalue weighted by molar-refractivity contribution is 5.79. The van der Waals surface area contributed by atoms with Gasteiger partial charge < -0.3 is 14.6 Å². The summed E-state index contributed by atoms with van der Waals surface area (Å²) in [7, 11) is 0. The van der Waals surface area contributed by atoms with Gasteiger partial charge in [0.2, 0.25) is 0 Å². The van der Waals surface area contributed by atoms with Gasteiger partial charge in [0.1, 0.15) is 0 Å². The molecule has 0 aliphatic heterocycles.